The molecule has 0 saturated heterocycles. The highest BCUT2D eigenvalue weighted by Gasteiger charge is 2.17. The molecule has 0 aliphatic carbocycles. The number of nitrogens with zero attached hydrogens (tertiary/aromatic N) is 2. The fourth-order valence-electron chi connectivity index (χ4n) is 2.50. The zero-order chi connectivity index (χ0) is 17.3. The quantitative estimate of drug-likeness (QED) is 0.618. The van der Waals surface area contributed by atoms with E-state index in [0.717, 1.165) is 20.7 Å². The number of halogens is 1. The third-order valence-electron chi connectivity index (χ3n) is 3.54. The maximum atomic E-state index is 12.6. The number of esters is 1. The van der Waals surface area contributed by atoms with Crippen LogP contribution in [0.1, 0.15) is 28.0 Å². The van der Waals surface area contributed by atoms with Crippen molar-refractivity contribution in [2.75, 3.05) is 6.61 Å². The molecule has 124 valence electrons. The van der Waals surface area contributed by atoms with Crippen LogP contribution in [0.2, 0.25) is 0 Å². The number of aryl methyl sites for hydroxylation is 1. The number of carbonyl (C=O) groups excluding carboxylic acids is 1. The minimum Gasteiger partial charge on any atom is -0.462 e. The Bertz CT molecular complexity index is 978. The van der Waals surface area contributed by atoms with E-state index < -0.39 is 5.97 Å². The molecular weight excluding hydrogens is 392 g/mol. The number of hydrogen-bond donors (Lipinski definition) is 0. The van der Waals surface area contributed by atoms with Crippen LogP contribution in [0.3, 0.4) is 0 Å². The summed E-state index contributed by atoms with van der Waals surface area (Å²) in [5.74, 6) is -0.601. The molecular formula is C17H15BrN2O3S. The summed E-state index contributed by atoms with van der Waals surface area (Å²) in [7, 11) is 0. The number of carbonyl (C=O) groups is 1. The Morgan fingerprint density at radius 1 is 1.42 bits per heavy atom. The van der Waals surface area contributed by atoms with Crippen molar-refractivity contribution in [3.63, 3.8) is 0 Å². The maximum absolute atomic E-state index is 12.6. The predicted molar refractivity (Wildman–Crippen MR) is 97.8 cm³/mol. The minimum absolute atomic E-state index is 0.0404. The topological polar surface area (TPSA) is 61.2 Å². The van der Waals surface area contributed by atoms with Gasteiger partial charge in [0.2, 0.25) is 5.43 Å². The van der Waals surface area contributed by atoms with Crippen molar-refractivity contribution in [3.05, 3.63) is 60.7 Å². The fourth-order valence-corrected chi connectivity index (χ4v) is 3.46. The monoisotopic (exact) mass is 406 g/mol. The van der Waals surface area contributed by atoms with Crippen molar-refractivity contribution in [3.8, 4) is 0 Å². The molecule has 2 aromatic heterocycles. The molecule has 0 spiro atoms. The number of benzene rings is 1. The number of pyridine rings is 1. The smallest absolute Gasteiger partial charge is 0.343 e. The van der Waals surface area contributed by atoms with E-state index in [-0.39, 0.29) is 17.6 Å². The summed E-state index contributed by atoms with van der Waals surface area (Å²) < 4.78 is 7.74. The van der Waals surface area contributed by atoms with Gasteiger partial charge in [-0.3, -0.25) is 4.79 Å². The van der Waals surface area contributed by atoms with Crippen molar-refractivity contribution < 1.29 is 9.53 Å². The molecule has 5 nitrogen and oxygen atoms in total. The van der Waals surface area contributed by atoms with Crippen molar-refractivity contribution in [1.29, 1.82) is 0 Å². The molecule has 0 fully saturated rings. The minimum atomic E-state index is -0.601. The van der Waals surface area contributed by atoms with E-state index in [0.29, 0.717) is 11.9 Å². The highest BCUT2D eigenvalue weighted by Crippen LogP contribution is 2.20. The molecule has 0 bridgehead atoms. The van der Waals surface area contributed by atoms with Crippen LogP contribution in [0.15, 0.2) is 39.0 Å². The van der Waals surface area contributed by atoms with Crippen LogP contribution in [0, 0.1) is 6.92 Å². The predicted octanol–water partition coefficient (Wildman–Crippen LogP) is 3.75. The number of aromatic nitrogens is 2. The maximum Gasteiger partial charge on any atom is 0.343 e. The van der Waals surface area contributed by atoms with Gasteiger partial charge in [0.15, 0.2) is 0 Å². The molecule has 0 radical (unpaired) electrons. The van der Waals surface area contributed by atoms with Crippen LogP contribution in [0.5, 0.6) is 0 Å². The van der Waals surface area contributed by atoms with E-state index in [2.05, 4.69) is 20.9 Å². The van der Waals surface area contributed by atoms with Crippen LogP contribution in [0.4, 0.5) is 0 Å². The lowest BCUT2D eigenvalue weighted by atomic mass is 10.1. The lowest BCUT2D eigenvalue weighted by molar-refractivity contribution is 0.0524. The number of rotatable bonds is 4. The molecule has 0 saturated carbocycles. The van der Waals surface area contributed by atoms with Crippen LogP contribution < -0.4 is 5.43 Å². The Labute approximate surface area is 151 Å². The zero-order valence-electron chi connectivity index (χ0n) is 13.2. The summed E-state index contributed by atoms with van der Waals surface area (Å²) in [6.07, 6.45) is 1.56. The number of ether oxygens (including phenoxy) is 1. The first-order valence-electron chi connectivity index (χ1n) is 7.40. The van der Waals surface area contributed by atoms with Crippen LogP contribution in [-0.4, -0.2) is 22.1 Å². The van der Waals surface area contributed by atoms with Gasteiger partial charge in [0.1, 0.15) is 5.56 Å². The summed E-state index contributed by atoms with van der Waals surface area (Å²) in [6, 6.07) is 5.37. The van der Waals surface area contributed by atoms with Crippen molar-refractivity contribution in [1.82, 2.24) is 9.55 Å². The third-order valence-corrected chi connectivity index (χ3v) is 4.85. The Morgan fingerprint density at radius 3 is 2.88 bits per heavy atom. The molecule has 0 atom stereocenters. The average molecular weight is 407 g/mol. The number of hydrogen-bond acceptors (Lipinski definition) is 5. The Morgan fingerprint density at radius 2 is 2.21 bits per heavy atom. The molecule has 0 N–H and O–H groups in total. The van der Waals surface area contributed by atoms with E-state index in [1.54, 1.807) is 36.6 Å². The van der Waals surface area contributed by atoms with E-state index >= 15 is 0 Å². The van der Waals surface area contributed by atoms with Gasteiger partial charge in [-0.05, 0) is 32.0 Å². The van der Waals surface area contributed by atoms with Gasteiger partial charge < -0.3 is 9.30 Å². The molecule has 3 rings (SSSR count). The van der Waals surface area contributed by atoms with E-state index in [1.807, 2.05) is 22.9 Å². The van der Waals surface area contributed by atoms with Gasteiger partial charge in [-0.2, -0.15) is 0 Å². The van der Waals surface area contributed by atoms with Gasteiger partial charge in [-0.15, -0.1) is 11.3 Å². The first-order chi connectivity index (χ1) is 11.5. The molecule has 1 aromatic carbocycles. The van der Waals surface area contributed by atoms with Crippen molar-refractivity contribution >= 4 is 44.1 Å². The van der Waals surface area contributed by atoms with Gasteiger partial charge in [-0.1, -0.05) is 15.9 Å². The normalized spacial score (nSPS) is 11.0. The highest BCUT2D eigenvalue weighted by molar-refractivity contribution is 9.10. The van der Waals surface area contributed by atoms with Gasteiger partial charge in [0, 0.05) is 21.4 Å². The molecule has 0 aliphatic rings. The molecule has 0 aliphatic heterocycles. The standard InChI is InChI=1S/C17H15BrN2O3S/c1-3-23-17(22)14-8-20(7-12-9-24-10(2)19-12)15-6-11(18)4-5-13(15)16(14)21/h4-6,8-9H,3,7H2,1-2H3. The van der Waals surface area contributed by atoms with Crippen LogP contribution in [-0.2, 0) is 11.3 Å². The largest absolute Gasteiger partial charge is 0.462 e. The lowest BCUT2D eigenvalue weighted by Gasteiger charge is -2.12. The van der Waals surface area contributed by atoms with Crippen molar-refractivity contribution in [2.45, 2.75) is 20.4 Å². The van der Waals surface area contributed by atoms with E-state index in [1.165, 1.54) is 0 Å². The second-order valence-electron chi connectivity index (χ2n) is 5.24. The van der Waals surface area contributed by atoms with Gasteiger partial charge >= 0.3 is 5.97 Å². The molecule has 3 aromatic rings. The first kappa shape index (κ1) is 16.9. The lowest BCUT2D eigenvalue weighted by Crippen LogP contribution is -2.21. The molecule has 0 unspecified atom stereocenters. The second-order valence-corrected chi connectivity index (χ2v) is 7.22. The van der Waals surface area contributed by atoms with E-state index in [4.69, 9.17) is 4.74 Å². The van der Waals surface area contributed by atoms with Crippen LogP contribution in [0.25, 0.3) is 10.9 Å². The molecule has 0 amide bonds. The molecule has 24 heavy (non-hydrogen) atoms. The Balaban J connectivity index is 2.21. The summed E-state index contributed by atoms with van der Waals surface area (Å²) >= 11 is 5.00. The highest BCUT2D eigenvalue weighted by atomic mass is 79.9. The summed E-state index contributed by atoms with van der Waals surface area (Å²) in [6.45, 7) is 4.36. The van der Waals surface area contributed by atoms with Gasteiger partial charge in [-0.25, -0.2) is 9.78 Å². The first-order valence-corrected chi connectivity index (χ1v) is 9.07. The number of fused-ring (bicyclic) bond motifs is 1. The van der Waals surface area contributed by atoms with Crippen molar-refractivity contribution in [2.24, 2.45) is 0 Å². The fraction of sp³-hybridized carbons (Fsp3) is 0.235. The summed E-state index contributed by atoms with van der Waals surface area (Å²) in [5.41, 5.74) is 1.35. The number of thiazole rings is 1. The summed E-state index contributed by atoms with van der Waals surface area (Å²) in [5, 5.41) is 3.43. The van der Waals surface area contributed by atoms with Gasteiger partial charge in [0.25, 0.3) is 0 Å². The van der Waals surface area contributed by atoms with Crippen LogP contribution >= 0.6 is 27.3 Å². The van der Waals surface area contributed by atoms with E-state index in [9.17, 15) is 9.59 Å². The SMILES string of the molecule is CCOC(=O)c1cn(Cc2csc(C)n2)c2cc(Br)ccc2c1=O. The molecule has 7 heteroatoms. The Hall–Kier alpha value is -1.99. The zero-order valence-corrected chi connectivity index (χ0v) is 15.6. The molecule has 2 heterocycles. The summed E-state index contributed by atoms with van der Waals surface area (Å²) in [4.78, 5) is 29.2. The van der Waals surface area contributed by atoms with Gasteiger partial charge in [0.05, 0.1) is 29.4 Å². The third kappa shape index (κ3) is 3.27. The Kier molecular flexibility index (Phi) is 4.82. The second kappa shape index (κ2) is 6.86. The average Bonchev–Trinajstić information content (AvgIpc) is 2.95.